The third-order valence-electron chi connectivity index (χ3n) is 3.54. The minimum Gasteiger partial charge on any atom is -0.469 e. The normalized spacial score (nSPS) is 10.5. The molecule has 1 aromatic heterocycles. The number of amides is 1. The summed E-state index contributed by atoms with van der Waals surface area (Å²) in [5.74, 6) is -0.640. The lowest BCUT2D eigenvalue weighted by atomic mass is 10.1. The molecule has 0 aliphatic rings. The molecule has 0 bridgehead atoms. The standard InChI is InChI=1S/C15H18N4O5/c1-24-13(20)5-3-2-4-8-16-15(21)14-11-9-10(19(22)23)6-7-12(11)17-18-14/h6-7,9H,2-5,8H2,1H3,(H,16,21)(H,17,18). The highest BCUT2D eigenvalue weighted by Crippen LogP contribution is 2.22. The topological polar surface area (TPSA) is 127 Å². The van der Waals surface area contributed by atoms with Gasteiger partial charge in [-0.05, 0) is 18.9 Å². The SMILES string of the molecule is COC(=O)CCCCCNC(=O)c1n[nH]c2ccc([N+](=O)[O-])cc12. The second-order valence-corrected chi connectivity index (χ2v) is 5.20. The molecule has 0 saturated heterocycles. The van der Waals surface area contributed by atoms with Gasteiger partial charge in [0.25, 0.3) is 11.6 Å². The number of carbonyl (C=O) groups excluding carboxylic acids is 2. The number of ether oxygens (including phenoxy) is 1. The van der Waals surface area contributed by atoms with E-state index in [9.17, 15) is 19.7 Å². The molecule has 24 heavy (non-hydrogen) atoms. The predicted molar refractivity (Wildman–Crippen MR) is 85.6 cm³/mol. The zero-order valence-electron chi connectivity index (χ0n) is 13.2. The molecule has 0 aliphatic heterocycles. The van der Waals surface area contributed by atoms with Gasteiger partial charge in [0.1, 0.15) is 0 Å². The molecule has 0 spiro atoms. The lowest BCUT2D eigenvalue weighted by molar-refractivity contribution is -0.384. The summed E-state index contributed by atoms with van der Waals surface area (Å²) in [6.07, 6.45) is 2.55. The smallest absolute Gasteiger partial charge is 0.305 e. The largest absolute Gasteiger partial charge is 0.469 e. The van der Waals surface area contributed by atoms with Gasteiger partial charge in [-0.15, -0.1) is 0 Å². The fourth-order valence-electron chi connectivity index (χ4n) is 2.25. The molecular formula is C15H18N4O5. The van der Waals surface area contributed by atoms with Crippen LogP contribution in [-0.2, 0) is 9.53 Å². The first-order valence-electron chi connectivity index (χ1n) is 7.50. The molecule has 0 atom stereocenters. The average Bonchev–Trinajstić information content (AvgIpc) is 3.00. The van der Waals surface area contributed by atoms with E-state index < -0.39 is 10.8 Å². The van der Waals surface area contributed by atoms with Crippen LogP contribution in [0.3, 0.4) is 0 Å². The molecule has 0 radical (unpaired) electrons. The molecule has 1 amide bonds. The van der Waals surface area contributed by atoms with Crippen molar-refractivity contribution in [3.63, 3.8) is 0 Å². The fraction of sp³-hybridized carbons (Fsp3) is 0.400. The number of nitro benzene ring substituents is 1. The molecule has 128 valence electrons. The number of rotatable bonds is 8. The van der Waals surface area contributed by atoms with Crippen molar-refractivity contribution in [2.75, 3.05) is 13.7 Å². The van der Waals surface area contributed by atoms with Crippen molar-refractivity contribution < 1.29 is 19.2 Å². The molecule has 2 N–H and O–H groups in total. The van der Waals surface area contributed by atoms with Crippen molar-refractivity contribution >= 4 is 28.5 Å². The van der Waals surface area contributed by atoms with E-state index in [0.29, 0.717) is 36.7 Å². The number of H-pyrrole nitrogens is 1. The predicted octanol–water partition coefficient (Wildman–Crippen LogP) is 1.93. The Kier molecular flexibility index (Phi) is 5.83. The van der Waals surface area contributed by atoms with Gasteiger partial charge in [0.2, 0.25) is 0 Å². The molecule has 0 saturated carbocycles. The second-order valence-electron chi connectivity index (χ2n) is 5.20. The van der Waals surface area contributed by atoms with E-state index in [2.05, 4.69) is 20.3 Å². The summed E-state index contributed by atoms with van der Waals surface area (Å²) in [6.45, 7) is 0.434. The number of nitrogens with one attached hydrogen (secondary N) is 2. The van der Waals surface area contributed by atoms with Gasteiger partial charge in [-0.2, -0.15) is 5.10 Å². The van der Waals surface area contributed by atoms with Gasteiger partial charge in [-0.1, -0.05) is 6.42 Å². The van der Waals surface area contributed by atoms with Gasteiger partial charge in [-0.25, -0.2) is 0 Å². The Morgan fingerprint density at radius 1 is 1.33 bits per heavy atom. The molecule has 0 unspecified atom stereocenters. The molecule has 0 fully saturated rings. The third-order valence-corrected chi connectivity index (χ3v) is 3.54. The van der Waals surface area contributed by atoms with Crippen molar-refractivity contribution in [3.8, 4) is 0 Å². The van der Waals surface area contributed by atoms with Crippen LogP contribution in [0, 0.1) is 10.1 Å². The second kappa shape index (κ2) is 8.04. The fourth-order valence-corrected chi connectivity index (χ4v) is 2.25. The number of unbranched alkanes of at least 4 members (excludes halogenated alkanes) is 2. The van der Waals surface area contributed by atoms with E-state index in [1.54, 1.807) is 0 Å². The Bertz CT molecular complexity index is 755. The van der Waals surface area contributed by atoms with E-state index in [0.717, 1.165) is 6.42 Å². The van der Waals surface area contributed by atoms with Crippen LogP contribution in [0.4, 0.5) is 5.69 Å². The van der Waals surface area contributed by atoms with Gasteiger partial charge in [0.15, 0.2) is 5.69 Å². The Labute approximate surface area is 137 Å². The zero-order chi connectivity index (χ0) is 17.5. The van der Waals surface area contributed by atoms with E-state index >= 15 is 0 Å². The van der Waals surface area contributed by atoms with Gasteiger partial charge < -0.3 is 10.1 Å². The summed E-state index contributed by atoms with van der Waals surface area (Å²) < 4.78 is 4.54. The molecule has 9 heteroatoms. The highest BCUT2D eigenvalue weighted by atomic mass is 16.6. The number of nitrogens with zero attached hydrogens (tertiary/aromatic N) is 2. The van der Waals surface area contributed by atoms with E-state index in [-0.39, 0.29) is 17.4 Å². The van der Waals surface area contributed by atoms with Gasteiger partial charge in [0, 0.05) is 30.5 Å². The van der Waals surface area contributed by atoms with Crippen LogP contribution in [0.5, 0.6) is 0 Å². The first-order valence-corrected chi connectivity index (χ1v) is 7.50. The molecule has 9 nitrogen and oxygen atoms in total. The quantitative estimate of drug-likeness (QED) is 0.329. The number of esters is 1. The maximum atomic E-state index is 12.2. The highest BCUT2D eigenvalue weighted by molar-refractivity contribution is 6.05. The van der Waals surface area contributed by atoms with Crippen molar-refractivity contribution in [1.29, 1.82) is 0 Å². The number of hydrogen-bond acceptors (Lipinski definition) is 6. The van der Waals surface area contributed by atoms with Gasteiger partial charge >= 0.3 is 5.97 Å². The molecule has 0 aliphatic carbocycles. The van der Waals surface area contributed by atoms with E-state index in [1.165, 1.54) is 25.3 Å². The number of aromatic amines is 1. The maximum absolute atomic E-state index is 12.2. The van der Waals surface area contributed by atoms with Crippen molar-refractivity contribution in [2.45, 2.75) is 25.7 Å². The van der Waals surface area contributed by atoms with Crippen LogP contribution in [0.2, 0.25) is 0 Å². The number of carbonyl (C=O) groups is 2. The van der Waals surface area contributed by atoms with Crippen molar-refractivity contribution in [3.05, 3.63) is 34.0 Å². The van der Waals surface area contributed by atoms with Crippen LogP contribution >= 0.6 is 0 Å². The number of non-ortho nitro benzene ring substituents is 1. The van der Waals surface area contributed by atoms with Crippen molar-refractivity contribution in [1.82, 2.24) is 15.5 Å². The molecule has 1 heterocycles. The van der Waals surface area contributed by atoms with E-state index in [4.69, 9.17) is 0 Å². The number of hydrogen-bond donors (Lipinski definition) is 2. The minimum atomic E-state index is -0.518. The first-order chi connectivity index (χ1) is 11.5. The Morgan fingerprint density at radius 3 is 2.83 bits per heavy atom. The Balaban J connectivity index is 1.88. The summed E-state index contributed by atoms with van der Waals surface area (Å²) in [5, 5.41) is 20.6. The van der Waals surface area contributed by atoms with Crippen molar-refractivity contribution in [2.24, 2.45) is 0 Å². The zero-order valence-corrected chi connectivity index (χ0v) is 13.2. The number of fused-ring (bicyclic) bond motifs is 1. The monoisotopic (exact) mass is 334 g/mol. The Morgan fingerprint density at radius 2 is 2.12 bits per heavy atom. The van der Waals surface area contributed by atoms with E-state index in [1.807, 2.05) is 0 Å². The first kappa shape index (κ1) is 17.4. The van der Waals surface area contributed by atoms with Crippen LogP contribution in [0.25, 0.3) is 10.9 Å². The van der Waals surface area contributed by atoms with Crippen LogP contribution in [0.15, 0.2) is 18.2 Å². The maximum Gasteiger partial charge on any atom is 0.305 e. The average molecular weight is 334 g/mol. The van der Waals surface area contributed by atoms with Crippen LogP contribution < -0.4 is 5.32 Å². The minimum absolute atomic E-state index is 0.0965. The highest BCUT2D eigenvalue weighted by Gasteiger charge is 2.16. The van der Waals surface area contributed by atoms with Gasteiger partial charge in [-0.3, -0.25) is 24.8 Å². The van der Waals surface area contributed by atoms with Gasteiger partial charge in [0.05, 0.1) is 17.5 Å². The molecule has 2 rings (SSSR count). The van der Waals surface area contributed by atoms with Crippen LogP contribution in [0.1, 0.15) is 36.2 Å². The molecule has 2 aromatic rings. The number of benzene rings is 1. The lowest BCUT2D eigenvalue weighted by Crippen LogP contribution is -2.25. The summed E-state index contributed by atoms with van der Waals surface area (Å²) in [6, 6.07) is 4.19. The number of aromatic nitrogens is 2. The Hall–Kier alpha value is -2.97. The molecular weight excluding hydrogens is 316 g/mol. The van der Waals surface area contributed by atoms with Crippen LogP contribution in [-0.4, -0.2) is 40.7 Å². The number of methoxy groups -OCH3 is 1. The summed E-state index contributed by atoms with van der Waals surface area (Å²) in [5.41, 5.74) is 0.591. The third kappa shape index (κ3) is 4.28. The number of nitro groups is 1. The molecule has 1 aromatic carbocycles. The summed E-state index contributed by atoms with van der Waals surface area (Å²) >= 11 is 0. The summed E-state index contributed by atoms with van der Waals surface area (Å²) in [7, 11) is 1.35. The lowest BCUT2D eigenvalue weighted by Gasteiger charge is -2.03. The summed E-state index contributed by atoms with van der Waals surface area (Å²) in [4.78, 5) is 33.4.